The quantitative estimate of drug-likeness (QED) is 0.911. The first-order valence-corrected chi connectivity index (χ1v) is 6.69. The molecule has 0 aromatic heterocycles. The zero-order chi connectivity index (χ0) is 12.4. The SMILES string of the molecule is CCC1CCN(C(=O)c2ccc(Br)cc2O)C1. The molecule has 1 amide bonds. The minimum Gasteiger partial charge on any atom is -0.507 e. The van der Waals surface area contributed by atoms with Crippen molar-refractivity contribution in [1.82, 2.24) is 4.90 Å². The number of aromatic hydroxyl groups is 1. The number of carbonyl (C=O) groups excluding carboxylic acids is 1. The van der Waals surface area contributed by atoms with Crippen LogP contribution in [0.4, 0.5) is 0 Å². The Morgan fingerprint density at radius 1 is 1.59 bits per heavy atom. The van der Waals surface area contributed by atoms with Gasteiger partial charge in [0, 0.05) is 17.6 Å². The molecule has 0 bridgehead atoms. The third-order valence-corrected chi connectivity index (χ3v) is 3.83. The molecule has 1 aliphatic rings. The number of likely N-dealkylation sites (tertiary alicyclic amines) is 1. The summed E-state index contributed by atoms with van der Waals surface area (Å²) in [4.78, 5) is 14.0. The monoisotopic (exact) mass is 297 g/mol. The molecular formula is C13H16BrNO2. The number of rotatable bonds is 2. The predicted molar refractivity (Wildman–Crippen MR) is 70.1 cm³/mol. The zero-order valence-corrected chi connectivity index (χ0v) is 11.4. The van der Waals surface area contributed by atoms with Crippen LogP contribution in [0.25, 0.3) is 0 Å². The molecule has 1 heterocycles. The molecule has 1 fully saturated rings. The summed E-state index contributed by atoms with van der Waals surface area (Å²) in [6.07, 6.45) is 2.18. The molecule has 1 N–H and O–H groups in total. The third kappa shape index (κ3) is 2.63. The Hall–Kier alpha value is -1.03. The van der Waals surface area contributed by atoms with Gasteiger partial charge in [-0.25, -0.2) is 0 Å². The van der Waals surface area contributed by atoms with Gasteiger partial charge in [0.2, 0.25) is 0 Å². The third-order valence-electron chi connectivity index (χ3n) is 3.34. The molecule has 0 radical (unpaired) electrons. The van der Waals surface area contributed by atoms with Crippen LogP contribution in [0.15, 0.2) is 22.7 Å². The number of carbonyl (C=O) groups is 1. The summed E-state index contributed by atoms with van der Waals surface area (Å²) < 4.78 is 0.777. The van der Waals surface area contributed by atoms with Gasteiger partial charge in [0.05, 0.1) is 5.56 Å². The molecular weight excluding hydrogens is 282 g/mol. The smallest absolute Gasteiger partial charge is 0.257 e. The number of hydrogen-bond acceptors (Lipinski definition) is 2. The van der Waals surface area contributed by atoms with Crippen molar-refractivity contribution >= 4 is 21.8 Å². The fourth-order valence-electron chi connectivity index (χ4n) is 2.21. The lowest BCUT2D eigenvalue weighted by atomic mass is 10.1. The molecule has 0 saturated carbocycles. The maximum atomic E-state index is 12.2. The Bertz CT molecular complexity index is 433. The molecule has 17 heavy (non-hydrogen) atoms. The van der Waals surface area contributed by atoms with E-state index in [4.69, 9.17) is 0 Å². The molecule has 1 aromatic rings. The van der Waals surface area contributed by atoms with Gasteiger partial charge in [-0.2, -0.15) is 0 Å². The van der Waals surface area contributed by atoms with E-state index >= 15 is 0 Å². The summed E-state index contributed by atoms with van der Waals surface area (Å²) >= 11 is 3.26. The standard InChI is InChI=1S/C13H16BrNO2/c1-2-9-5-6-15(8-9)13(17)11-4-3-10(14)7-12(11)16/h3-4,7,9,16H,2,5-6,8H2,1H3. The largest absolute Gasteiger partial charge is 0.507 e. The van der Waals surface area contributed by atoms with Crippen LogP contribution in [0, 0.1) is 5.92 Å². The van der Waals surface area contributed by atoms with Crippen LogP contribution in [0.2, 0.25) is 0 Å². The van der Waals surface area contributed by atoms with Gasteiger partial charge in [0.15, 0.2) is 0 Å². The molecule has 4 heteroatoms. The summed E-state index contributed by atoms with van der Waals surface area (Å²) in [5.41, 5.74) is 0.393. The Morgan fingerprint density at radius 3 is 2.94 bits per heavy atom. The molecule has 92 valence electrons. The molecule has 1 saturated heterocycles. The van der Waals surface area contributed by atoms with Crippen LogP contribution >= 0.6 is 15.9 Å². The Balaban J connectivity index is 2.15. The van der Waals surface area contributed by atoms with Crippen molar-refractivity contribution in [3.63, 3.8) is 0 Å². The topological polar surface area (TPSA) is 40.5 Å². The highest BCUT2D eigenvalue weighted by atomic mass is 79.9. The Morgan fingerprint density at radius 2 is 2.35 bits per heavy atom. The first-order valence-electron chi connectivity index (χ1n) is 5.89. The molecule has 3 nitrogen and oxygen atoms in total. The van der Waals surface area contributed by atoms with Crippen LogP contribution in [0.1, 0.15) is 30.1 Å². The second kappa shape index (κ2) is 5.08. The van der Waals surface area contributed by atoms with E-state index in [2.05, 4.69) is 22.9 Å². The summed E-state index contributed by atoms with van der Waals surface area (Å²) in [6.45, 7) is 3.76. The first kappa shape index (κ1) is 12.4. The highest BCUT2D eigenvalue weighted by Gasteiger charge is 2.27. The van der Waals surface area contributed by atoms with Gasteiger partial charge in [-0.15, -0.1) is 0 Å². The number of benzene rings is 1. The van der Waals surface area contributed by atoms with Gasteiger partial charge in [-0.1, -0.05) is 29.3 Å². The van der Waals surface area contributed by atoms with E-state index in [1.54, 1.807) is 18.2 Å². The van der Waals surface area contributed by atoms with Crippen molar-refractivity contribution in [3.05, 3.63) is 28.2 Å². The Labute approximate surface area is 110 Å². The minimum atomic E-state index is -0.0639. The molecule has 0 aliphatic carbocycles. The van der Waals surface area contributed by atoms with E-state index < -0.39 is 0 Å². The van der Waals surface area contributed by atoms with Crippen LogP contribution < -0.4 is 0 Å². The second-order valence-electron chi connectivity index (χ2n) is 4.48. The summed E-state index contributed by atoms with van der Waals surface area (Å²) in [5, 5.41) is 9.77. The zero-order valence-electron chi connectivity index (χ0n) is 9.82. The Kier molecular flexibility index (Phi) is 3.72. The van der Waals surface area contributed by atoms with E-state index in [1.807, 2.05) is 4.90 Å². The summed E-state index contributed by atoms with van der Waals surface area (Å²) in [7, 11) is 0. The molecule has 1 unspecified atom stereocenters. The van der Waals surface area contributed by atoms with Crippen molar-refractivity contribution in [2.75, 3.05) is 13.1 Å². The van der Waals surface area contributed by atoms with Gasteiger partial charge in [0.25, 0.3) is 5.91 Å². The van der Waals surface area contributed by atoms with Crippen molar-refractivity contribution < 1.29 is 9.90 Å². The first-order chi connectivity index (χ1) is 8.11. The number of amides is 1. The molecule has 1 atom stereocenters. The van der Waals surface area contributed by atoms with Crippen molar-refractivity contribution in [1.29, 1.82) is 0 Å². The van der Waals surface area contributed by atoms with Gasteiger partial charge in [-0.05, 0) is 30.5 Å². The van der Waals surface area contributed by atoms with Crippen LogP contribution in [0.5, 0.6) is 5.75 Å². The van der Waals surface area contributed by atoms with Crippen molar-refractivity contribution in [2.45, 2.75) is 19.8 Å². The van der Waals surface area contributed by atoms with E-state index in [0.29, 0.717) is 11.5 Å². The molecule has 2 rings (SSSR count). The van der Waals surface area contributed by atoms with Crippen molar-refractivity contribution in [2.24, 2.45) is 5.92 Å². The number of nitrogens with zero attached hydrogens (tertiary/aromatic N) is 1. The van der Waals surface area contributed by atoms with E-state index in [-0.39, 0.29) is 11.7 Å². The van der Waals surface area contributed by atoms with Crippen LogP contribution in [-0.4, -0.2) is 29.0 Å². The van der Waals surface area contributed by atoms with E-state index in [9.17, 15) is 9.90 Å². The molecule has 1 aliphatic heterocycles. The van der Waals surface area contributed by atoms with E-state index in [1.165, 1.54) is 0 Å². The van der Waals surface area contributed by atoms with Gasteiger partial charge in [-0.3, -0.25) is 4.79 Å². The second-order valence-corrected chi connectivity index (χ2v) is 5.39. The fourth-order valence-corrected chi connectivity index (χ4v) is 2.56. The van der Waals surface area contributed by atoms with Crippen molar-refractivity contribution in [3.8, 4) is 5.75 Å². The average molecular weight is 298 g/mol. The summed E-state index contributed by atoms with van der Waals surface area (Å²) in [5.74, 6) is 0.590. The van der Waals surface area contributed by atoms with Gasteiger partial charge >= 0.3 is 0 Å². The number of phenolic OH excluding ortho intramolecular Hbond substituents is 1. The lowest BCUT2D eigenvalue weighted by Gasteiger charge is -2.17. The number of hydrogen-bond donors (Lipinski definition) is 1. The fraction of sp³-hybridized carbons (Fsp3) is 0.462. The number of halogens is 1. The predicted octanol–water partition coefficient (Wildman–Crippen LogP) is 3.03. The minimum absolute atomic E-state index is 0.0457. The van der Waals surface area contributed by atoms with Gasteiger partial charge in [0.1, 0.15) is 5.75 Å². The average Bonchev–Trinajstić information content (AvgIpc) is 2.76. The van der Waals surface area contributed by atoms with Crippen LogP contribution in [0.3, 0.4) is 0 Å². The molecule has 1 aromatic carbocycles. The highest BCUT2D eigenvalue weighted by Crippen LogP contribution is 2.26. The maximum absolute atomic E-state index is 12.2. The maximum Gasteiger partial charge on any atom is 0.257 e. The highest BCUT2D eigenvalue weighted by molar-refractivity contribution is 9.10. The van der Waals surface area contributed by atoms with Crippen LogP contribution in [-0.2, 0) is 0 Å². The normalized spacial score (nSPS) is 19.6. The lowest BCUT2D eigenvalue weighted by molar-refractivity contribution is 0.0784. The number of phenols is 1. The van der Waals surface area contributed by atoms with Gasteiger partial charge < -0.3 is 10.0 Å². The molecule has 0 spiro atoms. The van der Waals surface area contributed by atoms with E-state index in [0.717, 1.165) is 30.4 Å². The summed E-state index contributed by atoms with van der Waals surface area (Å²) in [6, 6.07) is 5.00. The lowest BCUT2D eigenvalue weighted by Crippen LogP contribution is -2.28.